The number of rotatable bonds is 6. The molecular weight excluding hydrogens is 280 g/mol. The Balaban J connectivity index is 2.04. The lowest BCUT2D eigenvalue weighted by Gasteiger charge is -2.21. The molecule has 0 bridgehead atoms. The molecule has 1 aromatic heterocycles. The molecule has 1 aliphatic rings. The van der Waals surface area contributed by atoms with Gasteiger partial charge in [0.2, 0.25) is 0 Å². The van der Waals surface area contributed by atoms with E-state index in [-0.39, 0.29) is 5.41 Å². The minimum atomic E-state index is 0.108. The highest BCUT2D eigenvalue weighted by atomic mass is 32.1. The van der Waals surface area contributed by atoms with Crippen molar-refractivity contribution in [3.8, 4) is 0 Å². The van der Waals surface area contributed by atoms with Crippen LogP contribution in [-0.2, 0) is 12.0 Å². The largest absolute Gasteiger partial charge is 0.350 e. The monoisotopic (exact) mass is 310 g/mol. The Bertz CT molecular complexity index is 444. The zero-order valence-electron chi connectivity index (χ0n) is 14.2. The van der Waals surface area contributed by atoms with Gasteiger partial charge in [-0.1, -0.05) is 20.8 Å². The fraction of sp³-hybridized carbons (Fsp3) is 0.812. The van der Waals surface area contributed by atoms with Crippen LogP contribution in [-0.4, -0.2) is 50.2 Å². The molecule has 21 heavy (non-hydrogen) atoms. The smallest absolute Gasteiger partial charge is 0.185 e. The number of aromatic nitrogens is 1. The summed E-state index contributed by atoms with van der Waals surface area (Å²) in [5, 5.41) is 4.43. The average Bonchev–Trinajstić information content (AvgIpc) is 3.04. The molecule has 1 fully saturated rings. The Morgan fingerprint density at radius 1 is 1.29 bits per heavy atom. The Hall–Kier alpha value is -0.650. The maximum absolute atomic E-state index is 4.93. The SMILES string of the molecule is CNCc1sc(N(C)CCN2CCCC2)nc1C(C)(C)C. The van der Waals surface area contributed by atoms with Gasteiger partial charge in [-0.2, -0.15) is 0 Å². The lowest BCUT2D eigenvalue weighted by atomic mass is 9.91. The van der Waals surface area contributed by atoms with Crippen molar-refractivity contribution in [2.75, 3.05) is 45.2 Å². The van der Waals surface area contributed by atoms with Gasteiger partial charge in [0.05, 0.1) is 5.69 Å². The second-order valence-corrected chi connectivity index (χ2v) is 8.08. The molecule has 0 saturated carbocycles. The van der Waals surface area contributed by atoms with Crippen molar-refractivity contribution in [3.05, 3.63) is 10.6 Å². The summed E-state index contributed by atoms with van der Waals surface area (Å²) in [6, 6.07) is 0. The van der Waals surface area contributed by atoms with E-state index in [0.717, 1.165) is 24.8 Å². The highest BCUT2D eigenvalue weighted by molar-refractivity contribution is 7.15. The van der Waals surface area contributed by atoms with Gasteiger partial charge in [-0.15, -0.1) is 11.3 Å². The summed E-state index contributed by atoms with van der Waals surface area (Å²) < 4.78 is 0. The Morgan fingerprint density at radius 3 is 2.52 bits per heavy atom. The number of hydrogen-bond acceptors (Lipinski definition) is 5. The lowest BCUT2D eigenvalue weighted by Crippen LogP contribution is -2.31. The molecule has 120 valence electrons. The zero-order valence-corrected chi connectivity index (χ0v) is 15.0. The van der Waals surface area contributed by atoms with Gasteiger partial charge >= 0.3 is 0 Å². The second kappa shape index (κ2) is 7.07. The first-order valence-corrected chi connectivity index (χ1v) is 8.81. The molecule has 0 spiro atoms. The number of nitrogens with zero attached hydrogens (tertiary/aromatic N) is 3. The maximum atomic E-state index is 4.93. The maximum Gasteiger partial charge on any atom is 0.185 e. The predicted molar refractivity (Wildman–Crippen MR) is 92.5 cm³/mol. The highest BCUT2D eigenvalue weighted by Crippen LogP contribution is 2.33. The van der Waals surface area contributed by atoms with Crippen LogP contribution in [0.2, 0.25) is 0 Å². The van der Waals surface area contributed by atoms with E-state index in [2.05, 4.69) is 42.9 Å². The van der Waals surface area contributed by atoms with Gasteiger partial charge in [0.25, 0.3) is 0 Å². The van der Waals surface area contributed by atoms with Gasteiger partial charge in [0.1, 0.15) is 0 Å². The number of anilines is 1. The van der Waals surface area contributed by atoms with Crippen LogP contribution in [0.15, 0.2) is 0 Å². The van der Waals surface area contributed by atoms with E-state index >= 15 is 0 Å². The molecule has 1 aliphatic heterocycles. The number of nitrogens with one attached hydrogen (secondary N) is 1. The van der Waals surface area contributed by atoms with E-state index in [1.54, 1.807) is 0 Å². The van der Waals surface area contributed by atoms with Crippen molar-refractivity contribution < 1.29 is 0 Å². The van der Waals surface area contributed by atoms with Crippen LogP contribution < -0.4 is 10.2 Å². The molecule has 0 unspecified atom stereocenters. The highest BCUT2D eigenvalue weighted by Gasteiger charge is 2.24. The quantitative estimate of drug-likeness (QED) is 0.875. The summed E-state index contributed by atoms with van der Waals surface area (Å²) in [6.07, 6.45) is 2.73. The molecule has 0 amide bonds. The molecule has 0 radical (unpaired) electrons. The molecule has 0 atom stereocenters. The molecule has 0 aromatic carbocycles. The first-order chi connectivity index (χ1) is 9.91. The van der Waals surface area contributed by atoms with Gasteiger partial charge in [-0.05, 0) is 33.0 Å². The summed E-state index contributed by atoms with van der Waals surface area (Å²) in [6.45, 7) is 12.4. The normalized spacial score (nSPS) is 16.6. The van der Waals surface area contributed by atoms with Crippen LogP contribution in [0, 0.1) is 0 Å². The van der Waals surface area contributed by atoms with E-state index in [1.165, 1.54) is 36.5 Å². The molecule has 4 nitrogen and oxygen atoms in total. The van der Waals surface area contributed by atoms with E-state index in [4.69, 9.17) is 4.98 Å². The van der Waals surface area contributed by atoms with Gasteiger partial charge in [-0.25, -0.2) is 4.98 Å². The van der Waals surface area contributed by atoms with Crippen LogP contribution >= 0.6 is 11.3 Å². The zero-order chi connectivity index (χ0) is 15.5. The summed E-state index contributed by atoms with van der Waals surface area (Å²) in [5.74, 6) is 0. The van der Waals surface area contributed by atoms with E-state index in [0.29, 0.717) is 0 Å². The molecule has 0 aliphatic carbocycles. The Morgan fingerprint density at radius 2 is 1.95 bits per heavy atom. The minimum absolute atomic E-state index is 0.108. The summed E-state index contributed by atoms with van der Waals surface area (Å²) >= 11 is 1.84. The molecule has 1 saturated heterocycles. The molecule has 1 aromatic rings. The van der Waals surface area contributed by atoms with Crippen LogP contribution in [0.25, 0.3) is 0 Å². The van der Waals surface area contributed by atoms with E-state index in [1.807, 2.05) is 18.4 Å². The standard InChI is InChI=1S/C16H30N4S/c1-16(2,3)14-13(12-17-4)21-15(18-14)19(5)10-11-20-8-6-7-9-20/h17H,6-12H2,1-5H3. The van der Waals surface area contributed by atoms with Gasteiger partial charge in [-0.3, -0.25) is 0 Å². The number of likely N-dealkylation sites (N-methyl/N-ethyl adjacent to an activating group) is 1. The number of likely N-dealkylation sites (tertiary alicyclic amines) is 1. The average molecular weight is 311 g/mol. The third-order valence-electron chi connectivity index (χ3n) is 4.01. The topological polar surface area (TPSA) is 31.4 Å². The van der Waals surface area contributed by atoms with Gasteiger partial charge < -0.3 is 15.1 Å². The van der Waals surface area contributed by atoms with E-state index in [9.17, 15) is 0 Å². The molecular formula is C16H30N4S. The van der Waals surface area contributed by atoms with Crippen LogP contribution in [0.1, 0.15) is 44.2 Å². The van der Waals surface area contributed by atoms with Crippen molar-refractivity contribution in [1.29, 1.82) is 0 Å². The van der Waals surface area contributed by atoms with Crippen molar-refractivity contribution >= 4 is 16.5 Å². The Labute approximate surface area is 133 Å². The van der Waals surface area contributed by atoms with Gasteiger partial charge in [0, 0.05) is 37.0 Å². The third-order valence-corrected chi connectivity index (χ3v) is 5.18. The van der Waals surface area contributed by atoms with E-state index < -0.39 is 0 Å². The van der Waals surface area contributed by atoms with Crippen LogP contribution in [0.4, 0.5) is 5.13 Å². The van der Waals surface area contributed by atoms with Crippen LogP contribution in [0.3, 0.4) is 0 Å². The molecule has 2 heterocycles. The van der Waals surface area contributed by atoms with Gasteiger partial charge in [0.15, 0.2) is 5.13 Å². The molecule has 5 heteroatoms. The summed E-state index contributed by atoms with van der Waals surface area (Å²) in [5.41, 5.74) is 1.35. The lowest BCUT2D eigenvalue weighted by molar-refractivity contribution is 0.346. The number of thiazole rings is 1. The first kappa shape index (κ1) is 16.7. The number of hydrogen-bond donors (Lipinski definition) is 1. The van der Waals surface area contributed by atoms with Crippen molar-refractivity contribution in [2.24, 2.45) is 0 Å². The fourth-order valence-electron chi connectivity index (χ4n) is 2.76. The minimum Gasteiger partial charge on any atom is -0.350 e. The fourth-order valence-corrected chi connectivity index (χ4v) is 4.03. The summed E-state index contributed by atoms with van der Waals surface area (Å²) in [7, 11) is 4.17. The Kier molecular flexibility index (Phi) is 5.63. The van der Waals surface area contributed by atoms with Crippen molar-refractivity contribution in [3.63, 3.8) is 0 Å². The molecule has 1 N–H and O–H groups in total. The van der Waals surface area contributed by atoms with Crippen molar-refractivity contribution in [1.82, 2.24) is 15.2 Å². The van der Waals surface area contributed by atoms with Crippen LogP contribution in [0.5, 0.6) is 0 Å². The predicted octanol–water partition coefficient (Wildman–Crippen LogP) is 2.69. The summed E-state index contributed by atoms with van der Waals surface area (Å²) in [4.78, 5) is 11.2. The first-order valence-electron chi connectivity index (χ1n) is 8.00. The third kappa shape index (κ3) is 4.41. The second-order valence-electron chi connectivity index (χ2n) is 7.02. The van der Waals surface area contributed by atoms with Crippen molar-refractivity contribution in [2.45, 2.75) is 45.6 Å². The molecule has 2 rings (SSSR count).